The van der Waals surface area contributed by atoms with Crippen LogP contribution in [0, 0.1) is 0 Å². The second kappa shape index (κ2) is 5.82. The molecule has 1 aliphatic rings. The van der Waals surface area contributed by atoms with E-state index in [2.05, 4.69) is 0 Å². The number of rotatable bonds is 3. The van der Waals surface area contributed by atoms with Crippen molar-refractivity contribution in [2.75, 3.05) is 6.54 Å². The SMILES string of the molecule is CC(C)(C)OC(=O)C1CCCN1C(=O)c1cc(C(=O)O)co1. The molecule has 1 aromatic heterocycles. The Morgan fingerprint density at radius 3 is 2.59 bits per heavy atom. The lowest BCUT2D eigenvalue weighted by atomic mass is 10.1. The van der Waals surface area contributed by atoms with Gasteiger partial charge in [-0.3, -0.25) is 4.79 Å². The quantitative estimate of drug-likeness (QED) is 0.857. The molecule has 0 spiro atoms. The van der Waals surface area contributed by atoms with Gasteiger partial charge in [-0.05, 0) is 33.6 Å². The third kappa shape index (κ3) is 3.47. The van der Waals surface area contributed by atoms with E-state index in [1.807, 2.05) is 0 Å². The fraction of sp³-hybridized carbons (Fsp3) is 0.533. The minimum Gasteiger partial charge on any atom is -0.478 e. The molecule has 2 rings (SSSR count). The number of aromatic carboxylic acids is 1. The predicted octanol–water partition coefficient (Wildman–Crippen LogP) is 1.92. The highest BCUT2D eigenvalue weighted by Crippen LogP contribution is 2.24. The van der Waals surface area contributed by atoms with Crippen molar-refractivity contribution in [3.05, 3.63) is 23.7 Å². The Hall–Kier alpha value is -2.31. The van der Waals surface area contributed by atoms with Gasteiger partial charge in [0, 0.05) is 12.6 Å². The molecule has 0 aromatic carbocycles. The highest BCUT2D eigenvalue weighted by atomic mass is 16.6. The van der Waals surface area contributed by atoms with Crippen molar-refractivity contribution < 1.29 is 28.6 Å². The lowest BCUT2D eigenvalue weighted by molar-refractivity contribution is -0.159. The number of ether oxygens (including phenoxy) is 1. The number of carboxylic acids is 1. The lowest BCUT2D eigenvalue weighted by Gasteiger charge is -2.26. The number of carbonyl (C=O) groups is 3. The van der Waals surface area contributed by atoms with E-state index in [0.717, 1.165) is 12.3 Å². The zero-order chi connectivity index (χ0) is 16.5. The number of esters is 1. The van der Waals surface area contributed by atoms with Gasteiger partial charge >= 0.3 is 11.9 Å². The average molecular weight is 309 g/mol. The Balaban J connectivity index is 2.14. The number of carboxylic acid groups (broad SMARTS) is 1. The van der Waals surface area contributed by atoms with E-state index in [-0.39, 0.29) is 11.3 Å². The monoisotopic (exact) mass is 309 g/mol. The number of furan rings is 1. The molecule has 1 fully saturated rings. The smallest absolute Gasteiger partial charge is 0.338 e. The molecule has 1 N–H and O–H groups in total. The van der Waals surface area contributed by atoms with E-state index in [1.54, 1.807) is 20.8 Å². The maximum absolute atomic E-state index is 12.4. The summed E-state index contributed by atoms with van der Waals surface area (Å²) in [6, 6.07) is 0.500. The molecule has 0 aliphatic carbocycles. The minimum atomic E-state index is -1.17. The Kier molecular flexibility index (Phi) is 4.25. The molecular weight excluding hydrogens is 290 g/mol. The molecule has 1 aromatic rings. The number of amides is 1. The zero-order valence-corrected chi connectivity index (χ0v) is 12.8. The van der Waals surface area contributed by atoms with Crippen LogP contribution in [-0.4, -0.2) is 46.0 Å². The van der Waals surface area contributed by atoms with Gasteiger partial charge in [0.1, 0.15) is 17.9 Å². The lowest BCUT2D eigenvalue weighted by Crippen LogP contribution is -2.43. The van der Waals surface area contributed by atoms with Gasteiger partial charge in [0.25, 0.3) is 5.91 Å². The van der Waals surface area contributed by atoms with Crippen LogP contribution in [0.2, 0.25) is 0 Å². The molecule has 1 saturated heterocycles. The summed E-state index contributed by atoms with van der Waals surface area (Å²) >= 11 is 0. The molecular formula is C15H19NO6. The fourth-order valence-corrected chi connectivity index (χ4v) is 2.33. The Morgan fingerprint density at radius 1 is 1.36 bits per heavy atom. The molecule has 0 radical (unpaired) electrons. The second-order valence-electron chi connectivity index (χ2n) is 6.19. The largest absolute Gasteiger partial charge is 0.478 e. The van der Waals surface area contributed by atoms with Crippen LogP contribution >= 0.6 is 0 Å². The van der Waals surface area contributed by atoms with Crippen LogP contribution in [0.1, 0.15) is 54.5 Å². The first-order valence-electron chi connectivity index (χ1n) is 7.05. The summed E-state index contributed by atoms with van der Waals surface area (Å²) in [4.78, 5) is 36.8. The van der Waals surface area contributed by atoms with E-state index < -0.39 is 29.5 Å². The van der Waals surface area contributed by atoms with Crippen LogP contribution < -0.4 is 0 Å². The van der Waals surface area contributed by atoms with Gasteiger partial charge in [-0.2, -0.15) is 0 Å². The first-order chi connectivity index (χ1) is 10.2. The van der Waals surface area contributed by atoms with Crippen LogP contribution in [0.3, 0.4) is 0 Å². The first-order valence-corrected chi connectivity index (χ1v) is 7.05. The third-order valence-corrected chi connectivity index (χ3v) is 3.25. The van der Waals surface area contributed by atoms with Crippen LogP contribution in [0.4, 0.5) is 0 Å². The van der Waals surface area contributed by atoms with Crippen LogP contribution in [-0.2, 0) is 9.53 Å². The van der Waals surface area contributed by atoms with Gasteiger partial charge in [0.2, 0.25) is 0 Å². The van der Waals surface area contributed by atoms with Crippen molar-refractivity contribution >= 4 is 17.8 Å². The zero-order valence-electron chi connectivity index (χ0n) is 12.8. The number of hydrogen-bond donors (Lipinski definition) is 1. The van der Waals surface area contributed by atoms with Gasteiger partial charge in [0.05, 0.1) is 5.56 Å². The summed E-state index contributed by atoms with van der Waals surface area (Å²) < 4.78 is 10.3. The predicted molar refractivity (Wildman–Crippen MR) is 75.6 cm³/mol. The minimum absolute atomic E-state index is 0.0899. The highest BCUT2D eigenvalue weighted by Gasteiger charge is 2.38. The van der Waals surface area contributed by atoms with Crippen LogP contribution in [0.5, 0.6) is 0 Å². The maximum Gasteiger partial charge on any atom is 0.338 e. The average Bonchev–Trinajstić information content (AvgIpc) is 3.05. The summed E-state index contributed by atoms with van der Waals surface area (Å²) in [5.41, 5.74) is -0.730. The molecule has 1 atom stereocenters. The summed E-state index contributed by atoms with van der Waals surface area (Å²) in [6.45, 7) is 5.69. The third-order valence-electron chi connectivity index (χ3n) is 3.25. The Labute approximate surface area is 127 Å². The van der Waals surface area contributed by atoms with E-state index in [4.69, 9.17) is 14.3 Å². The van der Waals surface area contributed by atoms with Crippen molar-refractivity contribution in [1.82, 2.24) is 4.90 Å². The van der Waals surface area contributed by atoms with E-state index in [1.165, 1.54) is 4.90 Å². The van der Waals surface area contributed by atoms with E-state index in [0.29, 0.717) is 19.4 Å². The van der Waals surface area contributed by atoms with Crippen molar-refractivity contribution in [3.8, 4) is 0 Å². The molecule has 2 heterocycles. The molecule has 1 aliphatic heterocycles. The van der Waals surface area contributed by atoms with Crippen LogP contribution in [0.15, 0.2) is 16.7 Å². The topological polar surface area (TPSA) is 97.0 Å². The number of nitrogens with zero attached hydrogens (tertiary/aromatic N) is 1. The molecule has 120 valence electrons. The van der Waals surface area contributed by atoms with Gasteiger partial charge in [-0.15, -0.1) is 0 Å². The first kappa shape index (κ1) is 16.1. The van der Waals surface area contributed by atoms with Crippen molar-refractivity contribution in [1.29, 1.82) is 0 Å². The normalized spacial score (nSPS) is 18.3. The van der Waals surface area contributed by atoms with E-state index in [9.17, 15) is 14.4 Å². The summed E-state index contributed by atoms with van der Waals surface area (Å²) in [5.74, 6) is -2.22. The van der Waals surface area contributed by atoms with Gasteiger partial charge in [-0.25, -0.2) is 9.59 Å². The van der Waals surface area contributed by atoms with Crippen molar-refractivity contribution in [2.24, 2.45) is 0 Å². The highest BCUT2D eigenvalue weighted by molar-refractivity contribution is 5.97. The van der Waals surface area contributed by atoms with Crippen molar-refractivity contribution in [3.63, 3.8) is 0 Å². The summed E-state index contributed by atoms with van der Waals surface area (Å²) in [6.07, 6.45) is 2.21. The number of carbonyl (C=O) groups excluding carboxylic acids is 2. The Bertz CT molecular complexity index is 597. The molecule has 0 bridgehead atoms. The Morgan fingerprint density at radius 2 is 2.05 bits per heavy atom. The number of likely N-dealkylation sites (tertiary alicyclic amines) is 1. The van der Waals surface area contributed by atoms with Crippen LogP contribution in [0.25, 0.3) is 0 Å². The molecule has 22 heavy (non-hydrogen) atoms. The van der Waals surface area contributed by atoms with Gasteiger partial charge in [0.15, 0.2) is 5.76 Å². The molecule has 7 heteroatoms. The van der Waals surface area contributed by atoms with E-state index >= 15 is 0 Å². The number of hydrogen-bond acceptors (Lipinski definition) is 5. The molecule has 0 saturated carbocycles. The molecule has 1 amide bonds. The van der Waals surface area contributed by atoms with Crippen molar-refractivity contribution in [2.45, 2.75) is 45.3 Å². The summed E-state index contributed by atoms with van der Waals surface area (Å²) in [7, 11) is 0. The molecule has 7 nitrogen and oxygen atoms in total. The van der Waals surface area contributed by atoms with Gasteiger partial charge in [-0.1, -0.05) is 0 Å². The van der Waals surface area contributed by atoms with Gasteiger partial charge < -0.3 is 19.2 Å². The fourth-order valence-electron chi connectivity index (χ4n) is 2.33. The second-order valence-corrected chi connectivity index (χ2v) is 6.19. The standard InChI is InChI=1S/C15H19NO6/c1-15(2,3)22-14(20)10-5-4-6-16(10)12(17)11-7-9(8-21-11)13(18)19/h7-8,10H,4-6H2,1-3H3,(H,18,19). The summed E-state index contributed by atoms with van der Waals surface area (Å²) in [5, 5.41) is 8.85. The maximum atomic E-state index is 12.4. The molecule has 1 unspecified atom stereocenters.